The number of unbranched alkanes of at least 4 members (excludes halogenated alkanes) is 3. The SMILES string of the molecule is CC(C)(CCC(NC(=O)CCCCC1SC[C@@H]2NC(=O)NC12)C(=O)NCCCCCC(=O)NC(CC(=O)O)C(=O)NC(CC(=O)O)C(=O)O)SSCCC(=O)NCC#Cc1cn(C2CC(O)C(COP(=O)(O)OP(=O)(O)OP(=O)(O)O)O2)c(=O)[nH]c1=O. The van der Waals surface area contributed by atoms with E-state index in [0.29, 0.717) is 37.9 Å². The number of amides is 7. The monoisotopic (exact) mass is 1350 g/mol. The van der Waals surface area contributed by atoms with E-state index < -0.39 is 137 Å². The van der Waals surface area contributed by atoms with E-state index in [9.17, 15) is 91.5 Å². The number of carboxylic acid groups (broad SMARTS) is 3. The predicted octanol–water partition coefficient (Wildman–Crippen LogP) is -0.783. The van der Waals surface area contributed by atoms with Gasteiger partial charge in [0.15, 0.2) is 0 Å². The molecule has 3 fully saturated rings. The maximum atomic E-state index is 13.6. The Balaban J connectivity index is 1.23. The van der Waals surface area contributed by atoms with Crippen LogP contribution in [0.1, 0.15) is 116 Å². The van der Waals surface area contributed by atoms with Crippen molar-refractivity contribution in [2.24, 2.45) is 0 Å². The molecule has 41 heteroatoms. The Morgan fingerprint density at radius 3 is 2.13 bits per heavy atom. The summed E-state index contributed by atoms with van der Waals surface area (Å²) < 4.78 is 52.2. The molecule has 4 rings (SSSR count). The van der Waals surface area contributed by atoms with E-state index in [2.05, 4.69) is 56.9 Å². The number of carboxylic acids is 3. The van der Waals surface area contributed by atoms with Crippen LogP contribution in [0.15, 0.2) is 15.8 Å². The van der Waals surface area contributed by atoms with Gasteiger partial charge in [0.1, 0.15) is 36.0 Å². The molecule has 1 aromatic rings. The second-order valence-electron chi connectivity index (χ2n) is 20.4. The number of aliphatic carboxylic acids is 3. The number of hydrogen-bond acceptors (Lipinski definition) is 22. The van der Waals surface area contributed by atoms with Gasteiger partial charge in [-0.3, -0.25) is 52.4 Å². The summed E-state index contributed by atoms with van der Waals surface area (Å²) in [5.74, 6) is -1.62. The molecule has 0 aliphatic carbocycles. The summed E-state index contributed by atoms with van der Waals surface area (Å²) in [5, 5.41) is 56.4. The summed E-state index contributed by atoms with van der Waals surface area (Å²) in [5.41, 5.74) is -2.20. The average Bonchev–Trinajstić information content (AvgIpc) is 2.07. The number of aromatic amines is 1. The van der Waals surface area contributed by atoms with Gasteiger partial charge < -0.3 is 82.0 Å². The van der Waals surface area contributed by atoms with Crippen LogP contribution in [-0.4, -0.2) is 187 Å². The maximum absolute atomic E-state index is 13.6. The highest BCUT2D eigenvalue weighted by Crippen LogP contribution is 2.66. The molecule has 488 valence electrons. The number of phosphoric acid groups is 3. The minimum Gasteiger partial charge on any atom is -0.481 e. The lowest BCUT2D eigenvalue weighted by Gasteiger charge is -2.26. The predicted molar refractivity (Wildman–Crippen MR) is 307 cm³/mol. The third kappa shape index (κ3) is 27.5. The van der Waals surface area contributed by atoms with Crippen molar-refractivity contribution in [1.29, 1.82) is 0 Å². The average molecular weight is 1350 g/mol. The largest absolute Gasteiger partial charge is 0.490 e. The van der Waals surface area contributed by atoms with E-state index in [1.807, 2.05) is 24.1 Å². The van der Waals surface area contributed by atoms with Crippen LogP contribution in [0.3, 0.4) is 0 Å². The molecule has 0 saturated carbocycles. The number of rotatable bonds is 38. The molecule has 1 aromatic heterocycles. The fraction of sp³-hybridized carbons (Fsp3) is 0.674. The number of phosphoric ester groups is 1. The first-order valence-corrected chi connectivity index (χ1v) is 34.6. The van der Waals surface area contributed by atoms with Crippen LogP contribution in [-0.2, 0) is 69.9 Å². The highest BCUT2D eigenvalue weighted by molar-refractivity contribution is 8.77. The zero-order valence-electron chi connectivity index (χ0n) is 46.6. The molecular formula is C46H70N9O26P3S3. The number of nitrogens with one attached hydrogen (secondary N) is 8. The standard InChI is InChI=1S/C46H70N9O26P3S3/c1-46(2,87-86-18-14-33(57)47-17-8-9-25-22-55(45(70)54-40(25)64)36-21-30(56)31(79-36)23-78-83(74,75)81-84(76,77)80-82(71,72)73)15-13-26(49-34(58)12-6-5-10-32-39-29(24-85-32)52-44(69)53-39)41(65)48-16-7-3-4-11-35(59)50-27(19-37(60)61)42(66)51-28(43(67)68)20-38(62)63/h22,26-32,36,39,56H,3-7,10-21,23-24H2,1-2H3,(H,47,57)(H,48,65)(H,49,58)(H,50,59)(H,51,66)(H,60,61)(H,62,63)(H,67,68)(H,74,75)(H,76,77)(H2,52,53,69)(H,54,64,70)(H2,71,72,73)/t26?,27?,28?,29-,30?,31?,32?,36?,39?/m0/s1. The Morgan fingerprint density at radius 2 is 1.47 bits per heavy atom. The van der Waals surface area contributed by atoms with E-state index in [4.69, 9.17) is 19.6 Å². The number of H-pyrrole nitrogens is 1. The fourth-order valence-corrected chi connectivity index (χ4v) is 15.7. The molecule has 0 bridgehead atoms. The molecule has 3 saturated heterocycles. The molecule has 4 heterocycles. The maximum Gasteiger partial charge on any atom is 0.490 e. The van der Waals surface area contributed by atoms with E-state index >= 15 is 0 Å². The quantitative estimate of drug-likeness (QED) is 0.0127. The molecule has 16 N–H and O–H groups in total. The molecule has 3 aliphatic rings. The van der Waals surface area contributed by atoms with E-state index in [-0.39, 0.29) is 86.4 Å². The molecule has 7 amide bonds. The molecule has 0 spiro atoms. The summed E-state index contributed by atoms with van der Waals surface area (Å²) in [6.45, 7) is 2.74. The highest BCUT2D eigenvalue weighted by atomic mass is 33.1. The Labute approximate surface area is 507 Å². The first kappa shape index (κ1) is 74.1. The van der Waals surface area contributed by atoms with Crippen molar-refractivity contribution < 1.29 is 115 Å². The van der Waals surface area contributed by atoms with Crippen LogP contribution < -0.4 is 48.5 Å². The van der Waals surface area contributed by atoms with Crippen molar-refractivity contribution in [1.82, 2.24) is 46.8 Å². The smallest absolute Gasteiger partial charge is 0.481 e. The van der Waals surface area contributed by atoms with Gasteiger partial charge in [0.25, 0.3) is 5.56 Å². The van der Waals surface area contributed by atoms with Crippen molar-refractivity contribution in [2.45, 2.75) is 162 Å². The molecule has 3 aliphatic heterocycles. The summed E-state index contributed by atoms with van der Waals surface area (Å²) in [6, 6.07) is -4.64. The number of fused-ring (bicyclic) bond motifs is 1. The van der Waals surface area contributed by atoms with Gasteiger partial charge in [0.2, 0.25) is 29.5 Å². The van der Waals surface area contributed by atoms with E-state index in [0.717, 1.165) is 22.9 Å². The van der Waals surface area contributed by atoms with E-state index in [1.165, 1.54) is 21.6 Å². The lowest BCUT2D eigenvalue weighted by Crippen LogP contribution is -2.52. The van der Waals surface area contributed by atoms with Crippen molar-refractivity contribution in [3.05, 3.63) is 32.6 Å². The molecule has 35 nitrogen and oxygen atoms in total. The summed E-state index contributed by atoms with van der Waals surface area (Å²) in [7, 11) is -14.2. The van der Waals surface area contributed by atoms with Gasteiger partial charge in [-0.25, -0.2) is 28.1 Å². The summed E-state index contributed by atoms with van der Waals surface area (Å²) in [4.78, 5) is 174. The van der Waals surface area contributed by atoms with Gasteiger partial charge in [-0.15, -0.1) is 0 Å². The van der Waals surface area contributed by atoms with Gasteiger partial charge in [0, 0.05) is 59.9 Å². The van der Waals surface area contributed by atoms with Crippen LogP contribution in [0, 0.1) is 11.8 Å². The number of aliphatic hydroxyl groups is 1. The second kappa shape index (κ2) is 34.6. The number of aliphatic hydroxyl groups excluding tert-OH is 1. The van der Waals surface area contributed by atoms with Gasteiger partial charge in [-0.1, -0.05) is 46.3 Å². The zero-order valence-corrected chi connectivity index (χ0v) is 51.8. The molecule has 11 atom stereocenters. The number of hydrogen-bond donors (Lipinski definition) is 16. The number of urea groups is 1. The zero-order chi connectivity index (χ0) is 64.9. The van der Waals surface area contributed by atoms with Gasteiger partial charge in [0.05, 0.1) is 44.2 Å². The van der Waals surface area contributed by atoms with Crippen molar-refractivity contribution in [2.75, 3.05) is 31.2 Å². The van der Waals surface area contributed by atoms with Crippen molar-refractivity contribution >= 4 is 110 Å². The van der Waals surface area contributed by atoms with Crippen LogP contribution in [0.5, 0.6) is 0 Å². The number of carbonyl (C=O) groups is 9. The molecular weight excluding hydrogens is 1280 g/mol. The van der Waals surface area contributed by atoms with Gasteiger partial charge in [-0.2, -0.15) is 20.4 Å². The lowest BCUT2D eigenvalue weighted by molar-refractivity contribution is -0.148. The van der Waals surface area contributed by atoms with Crippen LogP contribution in [0.4, 0.5) is 4.79 Å². The van der Waals surface area contributed by atoms with Crippen LogP contribution in [0.25, 0.3) is 0 Å². The van der Waals surface area contributed by atoms with Gasteiger partial charge in [-0.05, 0) is 52.4 Å². The summed E-state index contributed by atoms with van der Waals surface area (Å²) in [6.07, 6.45) is -1.93. The van der Waals surface area contributed by atoms with Crippen molar-refractivity contribution in [3.8, 4) is 11.8 Å². The minimum atomic E-state index is -5.83. The number of nitrogens with zero attached hydrogens (tertiary/aromatic N) is 1. The Kier molecular flexibility index (Phi) is 29.5. The number of carbonyl (C=O) groups excluding carboxylic acids is 6. The topological polar surface area (TPSA) is 543 Å². The van der Waals surface area contributed by atoms with Crippen LogP contribution in [0.2, 0.25) is 0 Å². The normalized spacial score (nSPS) is 21.4. The lowest BCUT2D eigenvalue weighted by atomic mass is 10.0. The molecule has 87 heavy (non-hydrogen) atoms. The number of thioether (sulfide) groups is 1. The van der Waals surface area contributed by atoms with Gasteiger partial charge >= 0.3 is 53.1 Å². The number of ether oxygens (including phenoxy) is 1. The third-order valence-electron chi connectivity index (χ3n) is 12.8. The number of aromatic nitrogens is 2. The first-order valence-electron chi connectivity index (χ1n) is 26.7. The second-order valence-corrected chi connectivity index (χ2v) is 29.2. The Hall–Kier alpha value is -5.35. The van der Waals surface area contributed by atoms with Crippen LogP contribution >= 0.6 is 56.8 Å². The van der Waals surface area contributed by atoms with Crippen molar-refractivity contribution in [3.63, 3.8) is 0 Å². The van der Waals surface area contributed by atoms with E-state index in [1.54, 1.807) is 11.8 Å². The minimum absolute atomic E-state index is 0.0143. The Morgan fingerprint density at radius 1 is 0.816 bits per heavy atom. The molecule has 10 unspecified atom stereocenters. The fourth-order valence-electron chi connectivity index (χ4n) is 8.56. The third-order valence-corrected chi connectivity index (χ3v) is 21.4. The molecule has 0 aromatic carbocycles. The highest BCUT2D eigenvalue weighted by Gasteiger charge is 2.44. The first-order chi connectivity index (χ1) is 40.6. The molecule has 0 radical (unpaired) electrons. The Bertz CT molecular complexity index is 3000. The summed E-state index contributed by atoms with van der Waals surface area (Å²) >= 11 is 1.76.